The highest BCUT2D eigenvalue weighted by molar-refractivity contribution is 5.73. The van der Waals surface area contributed by atoms with E-state index in [1.165, 1.54) is 5.70 Å². The lowest BCUT2D eigenvalue weighted by atomic mass is 9.76. The molecule has 0 aromatic carbocycles. The summed E-state index contributed by atoms with van der Waals surface area (Å²) in [5, 5.41) is 16.0. The van der Waals surface area contributed by atoms with Gasteiger partial charge in [-0.2, -0.15) is 0 Å². The fraction of sp³-hybridized carbons (Fsp3) is 0.867. The van der Waals surface area contributed by atoms with E-state index in [1.807, 2.05) is 0 Å². The van der Waals surface area contributed by atoms with Gasteiger partial charge in [0.05, 0.1) is 11.5 Å². The Hall–Kier alpha value is -1.43. The third-order valence-electron chi connectivity index (χ3n) is 7.84. The van der Waals surface area contributed by atoms with Crippen molar-refractivity contribution in [3.8, 4) is 0 Å². The van der Waals surface area contributed by atoms with Crippen LogP contribution < -0.4 is 10.6 Å². The number of aliphatic imine (C=N–C) groups is 1. The van der Waals surface area contributed by atoms with Gasteiger partial charge < -0.3 is 15.7 Å². The van der Waals surface area contributed by atoms with Crippen LogP contribution in [0.25, 0.3) is 0 Å². The zero-order valence-electron chi connectivity index (χ0n) is 24.8. The maximum atomic E-state index is 14.0. The third kappa shape index (κ3) is 14.3. The molecule has 5 nitrogen and oxygen atoms in total. The van der Waals surface area contributed by atoms with Crippen LogP contribution in [0.15, 0.2) is 16.8 Å². The number of carbonyl (C=O) groups is 1. The minimum absolute atomic E-state index is 0.179. The first kappa shape index (κ1) is 34.6. The molecule has 1 aliphatic rings. The zero-order chi connectivity index (χ0) is 27.8. The summed E-state index contributed by atoms with van der Waals surface area (Å²) >= 11 is 0. The molecule has 3 atom stereocenters. The van der Waals surface area contributed by atoms with Gasteiger partial charge in [0.2, 0.25) is 0 Å². The van der Waals surface area contributed by atoms with Gasteiger partial charge in [-0.05, 0) is 111 Å². The maximum absolute atomic E-state index is 14.0. The molecule has 1 fully saturated rings. The Morgan fingerprint density at radius 1 is 1.22 bits per heavy atom. The highest BCUT2D eigenvalue weighted by Gasteiger charge is 2.35. The molecule has 1 rings (SSSR count). The van der Waals surface area contributed by atoms with Crippen molar-refractivity contribution in [2.45, 2.75) is 137 Å². The van der Waals surface area contributed by atoms with E-state index in [1.54, 1.807) is 20.8 Å². The van der Waals surface area contributed by atoms with Crippen molar-refractivity contribution in [3.63, 3.8) is 0 Å². The second-order valence-corrected chi connectivity index (χ2v) is 11.7. The lowest BCUT2D eigenvalue weighted by Gasteiger charge is -2.37. The van der Waals surface area contributed by atoms with Gasteiger partial charge in [0, 0.05) is 18.3 Å². The molecule has 0 aliphatic heterocycles. The highest BCUT2D eigenvalue weighted by atomic mass is 19.1. The molecular formula is C30H58FN3O2. The van der Waals surface area contributed by atoms with Crippen LogP contribution in [0, 0.1) is 17.3 Å². The van der Waals surface area contributed by atoms with Crippen molar-refractivity contribution >= 4 is 12.7 Å². The second-order valence-electron chi connectivity index (χ2n) is 11.7. The topological polar surface area (TPSA) is 73.7 Å². The van der Waals surface area contributed by atoms with E-state index >= 15 is 0 Å². The minimum Gasteiger partial charge on any atom is -0.481 e. The van der Waals surface area contributed by atoms with Crippen molar-refractivity contribution in [1.29, 1.82) is 0 Å². The Labute approximate surface area is 222 Å². The molecule has 0 amide bonds. The monoisotopic (exact) mass is 511 g/mol. The molecule has 0 saturated heterocycles. The molecule has 1 aliphatic carbocycles. The van der Waals surface area contributed by atoms with Gasteiger partial charge in [-0.1, -0.05) is 40.2 Å². The summed E-state index contributed by atoms with van der Waals surface area (Å²) < 4.78 is 14.0. The first-order valence-corrected chi connectivity index (χ1v) is 14.4. The van der Waals surface area contributed by atoms with E-state index in [4.69, 9.17) is 5.11 Å². The normalized spacial score (nSPS) is 23.1. The summed E-state index contributed by atoms with van der Waals surface area (Å²) in [5.41, 5.74) is -0.189. The van der Waals surface area contributed by atoms with E-state index in [0.717, 1.165) is 64.5 Å². The van der Waals surface area contributed by atoms with Gasteiger partial charge >= 0.3 is 5.97 Å². The van der Waals surface area contributed by atoms with E-state index in [-0.39, 0.29) is 6.04 Å². The number of carboxylic acid groups (broad SMARTS) is 1. The van der Waals surface area contributed by atoms with Crippen LogP contribution in [0.4, 0.5) is 4.39 Å². The average molecular weight is 512 g/mol. The number of rotatable bonds is 16. The Kier molecular flexibility index (Phi) is 17.2. The molecule has 0 bridgehead atoms. The molecule has 0 radical (unpaired) electrons. The molecule has 0 heterocycles. The van der Waals surface area contributed by atoms with Crippen molar-refractivity contribution in [2.75, 3.05) is 13.1 Å². The predicted molar refractivity (Wildman–Crippen MR) is 154 cm³/mol. The Bertz CT molecular complexity index is 638. The molecule has 0 spiro atoms. The number of aliphatic carboxylic acids is 1. The summed E-state index contributed by atoms with van der Waals surface area (Å²) in [6.45, 7) is 21.8. The van der Waals surface area contributed by atoms with Gasteiger partial charge in [-0.25, -0.2) is 4.39 Å². The number of hydrogen-bond acceptors (Lipinski definition) is 4. The molecule has 1 saturated carbocycles. The molecule has 6 heteroatoms. The standard InChI is InChI=1S/C20H38FN3.C10H20O2/c1-6-9-18(7-2)23-14-8-15-24-19(16(3)22-5)17-10-12-20(4,21)13-11-17;1-5-8(2)6-7-10(3,4)9(11)12/h9,16-17,19,23-24H,5-8,10-15H2,1-4H3;8H,5-7H2,1-4H3,(H,11,12)/b18-9-;. The van der Waals surface area contributed by atoms with Gasteiger partial charge in [0.1, 0.15) is 5.67 Å². The summed E-state index contributed by atoms with van der Waals surface area (Å²) in [7, 11) is 0. The van der Waals surface area contributed by atoms with Crippen LogP contribution in [0.3, 0.4) is 0 Å². The SMILES string of the molecule is C=NC(C)C(NCCCN/C(=C\CC)CC)C1CCC(C)(F)CC1.CCC(C)CCC(C)(C)C(=O)O. The first-order valence-electron chi connectivity index (χ1n) is 14.4. The van der Waals surface area contributed by atoms with Crippen molar-refractivity contribution < 1.29 is 14.3 Å². The Morgan fingerprint density at radius 3 is 2.31 bits per heavy atom. The number of hydrogen-bond donors (Lipinski definition) is 3. The largest absolute Gasteiger partial charge is 0.481 e. The lowest BCUT2D eigenvalue weighted by molar-refractivity contribution is -0.147. The Morgan fingerprint density at radius 2 is 1.83 bits per heavy atom. The molecule has 212 valence electrons. The van der Waals surface area contributed by atoms with Crippen LogP contribution in [-0.2, 0) is 4.79 Å². The third-order valence-corrected chi connectivity index (χ3v) is 7.84. The number of carboxylic acids is 1. The summed E-state index contributed by atoms with van der Waals surface area (Å²) in [6, 6.07) is 0.494. The number of nitrogens with one attached hydrogen (secondary N) is 2. The zero-order valence-corrected chi connectivity index (χ0v) is 24.8. The smallest absolute Gasteiger partial charge is 0.309 e. The fourth-order valence-corrected chi connectivity index (χ4v) is 4.56. The lowest BCUT2D eigenvalue weighted by Crippen LogP contribution is -2.46. The second kappa shape index (κ2) is 17.9. The summed E-state index contributed by atoms with van der Waals surface area (Å²) in [4.78, 5) is 15.0. The van der Waals surface area contributed by atoms with Crippen molar-refractivity contribution in [3.05, 3.63) is 11.8 Å². The Balaban J connectivity index is 0.000000860. The van der Waals surface area contributed by atoms with Crippen LogP contribution in [-0.4, -0.2) is 48.6 Å². The van der Waals surface area contributed by atoms with Crippen molar-refractivity contribution in [1.82, 2.24) is 10.6 Å². The minimum atomic E-state index is -0.974. The average Bonchev–Trinajstić information content (AvgIpc) is 2.84. The maximum Gasteiger partial charge on any atom is 0.309 e. The van der Waals surface area contributed by atoms with Crippen LogP contribution in [0.1, 0.15) is 120 Å². The van der Waals surface area contributed by atoms with Gasteiger partial charge in [-0.15, -0.1) is 0 Å². The van der Waals surface area contributed by atoms with E-state index < -0.39 is 17.1 Å². The van der Waals surface area contributed by atoms with Crippen molar-refractivity contribution in [2.24, 2.45) is 22.2 Å². The van der Waals surface area contributed by atoms with E-state index in [2.05, 4.69) is 63.0 Å². The van der Waals surface area contributed by atoms with Gasteiger partial charge in [0.25, 0.3) is 0 Å². The van der Waals surface area contributed by atoms with Gasteiger partial charge in [-0.3, -0.25) is 9.79 Å². The molecule has 3 N–H and O–H groups in total. The number of allylic oxidation sites excluding steroid dienone is 2. The molecule has 0 aromatic rings. The molecule has 3 unspecified atom stereocenters. The van der Waals surface area contributed by atoms with Crippen LogP contribution in [0.2, 0.25) is 0 Å². The first-order chi connectivity index (χ1) is 16.8. The van der Waals surface area contributed by atoms with Gasteiger partial charge in [0.15, 0.2) is 0 Å². The van der Waals surface area contributed by atoms with E-state index in [0.29, 0.717) is 30.7 Å². The molecule has 36 heavy (non-hydrogen) atoms. The number of halogens is 1. The molecule has 0 aromatic heterocycles. The highest BCUT2D eigenvalue weighted by Crippen LogP contribution is 2.37. The number of alkyl halides is 1. The molecular weight excluding hydrogens is 453 g/mol. The summed E-state index contributed by atoms with van der Waals surface area (Å²) in [6.07, 6.45) is 11.6. The quantitative estimate of drug-likeness (QED) is 0.148. The predicted octanol–water partition coefficient (Wildman–Crippen LogP) is 7.56. The fourth-order valence-electron chi connectivity index (χ4n) is 4.56. The van der Waals surface area contributed by atoms with Crippen LogP contribution >= 0.6 is 0 Å². The summed E-state index contributed by atoms with van der Waals surface area (Å²) in [5.74, 6) is 0.461. The van der Waals surface area contributed by atoms with Crippen LogP contribution in [0.5, 0.6) is 0 Å². The van der Waals surface area contributed by atoms with E-state index in [9.17, 15) is 9.18 Å². The number of nitrogens with zero attached hydrogens (tertiary/aromatic N) is 1.